The summed E-state index contributed by atoms with van der Waals surface area (Å²) in [5.74, 6) is 2.56. The molecule has 1 atom stereocenters. The SMILES string of the molecule is CC(C)c1nc2cc(N)ccc2n1C(C)CC1CC1. The van der Waals surface area contributed by atoms with Crippen molar-refractivity contribution >= 4 is 16.7 Å². The molecule has 1 heterocycles. The quantitative estimate of drug-likeness (QED) is 0.838. The Balaban J connectivity index is 2.09. The minimum Gasteiger partial charge on any atom is -0.399 e. The zero-order valence-corrected chi connectivity index (χ0v) is 12.1. The number of aromatic nitrogens is 2. The summed E-state index contributed by atoms with van der Waals surface area (Å²) < 4.78 is 2.43. The van der Waals surface area contributed by atoms with E-state index in [4.69, 9.17) is 10.7 Å². The van der Waals surface area contributed by atoms with Crippen molar-refractivity contribution in [3.8, 4) is 0 Å². The molecule has 1 aromatic heterocycles. The van der Waals surface area contributed by atoms with Crippen molar-refractivity contribution in [1.29, 1.82) is 0 Å². The Kier molecular flexibility index (Phi) is 3.00. The van der Waals surface area contributed by atoms with E-state index in [1.807, 2.05) is 12.1 Å². The van der Waals surface area contributed by atoms with Crippen LogP contribution in [0.5, 0.6) is 0 Å². The van der Waals surface area contributed by atoms with E-state index in [0.717, 1.165) is 17.1 Å². The first-order valence-corrected chi connectivity index (χ1v) is 7.33. The van der Waals surface area contributed by atoms with Crippen molar-refractivity contribution in [2.45, 2.75) is 52.0 Å². The second-order valence-electron chi connectivity index (χ2n) is 6.27. The van der Waals surface area contributed by atoms with Crippen LogP contribution >= 0.6 is 0 Å². The van der Waals surface area contributed by atoms with Gasteiger partial charge in [0, 0.05) is 17.6 Å². The Morgan fingerprint density at radius 2 is 2.05 bits per heavy atom. The smallest absolute Gasteiger partial charge is 0.112 e. The summed E-state index contributed by atoms with van der Waals surface area (Å²) in [6.07, 6.45) is 4.08. The fourth-order valence-corrected chi connectivity index (χ4v) is 2.95. The standard InChI is InChI=1S/C16H23N3/c1-10(2)16-18-14-9-13(17)6-7-15(14)19(16)11(3)8-12-4-5-12/h6-7,9-12H,4-5,8,17H2,1-3H3. The summed E-state index contributed by atoms with van der Waals surface area (Å²) in [6.45, 7) is 6.75. The number of imidazole rings is 1. The Bertz CT molecular complexity index is 593. The summed E-state index contributed by atoms with van der Waals surface area (Å²) in [6, 6.07) is 6.61. The highest BCUT2D eigenvalue weighted by atomic mass is 15.1. The maximum atomic E-state index is 5.88. The molecule has 0 aliphatic heterocycles. The fraction of sp³-hybridized carbons (Fsp3) is 0.562. The molecule has 1 fully saturated rings. The number of anilines is 1. The van der Waals surface area contributed by atoms with Crippen molar-refractivity contribution < 1.29 is 0 Å². The summed E-state index contributed by atoms with van der Waals surface area (Å²) in [5, 5.41) is 0. The van der Waals surface area contributed by atoms with E-state index < -0.39 is 0 Å². The van der Waals surface area contributed by atoms with Crippen LogP contribution in [0.25, 0.3) is 11.0 Å². The molecule has 0 amide bonds. The van der Waals surface area contributed by atoms with Crippen LogP contribution in [0.2, 0.25) is 0 Å². The van der Waals surface area contributed by atoms with Crippen molar-refractivity contribution in [2.75, 3.05) is 5.73 Å². The van der Waals surface area contributed by atoms with Crippen molar-refractivity contribution in [3.05, 3.63) is 24.0 Å². The van der Waals surface area contributed by atoms with Gasteiger partial charge in [0.2, 0.25) is 0 Å². The van der Waals surface area contributed by atoms with Crippen LogP contribution < -0.4 is 5.73 Å². The number of nitrogens with zero attached hydrogens (tertiary/aromatic N) is 2. The molecule has 1 aromatic carbocycles. The average molecular weight is 257 g/mol. The number of hydrogen-bond acceptors (Lipinski definition) is 2. The predicted octanol–water partition coefficient (Wildman–Crippen LogP) is 4.10. The lowest BCUT2D eigenvalue weighted by Crippen LogP contribution is -2.11. The molecule has 0 saturated heterocycles. The normalized spacial score (nSPS) is 17.3. The average Bonchev–Trinajstić information content (AvgIpc) is 3.06. The number of fused-ring (bicyclic) bond motifs is 1. The molecule has 19 heavy (non-hydrogen) atoms. The molecule has 2 aromatic rings. The Morgan fingerprint density at radius 1 is 1.32 bits per heavy atom. The van der Waals surface area contributed by atoms with Crippen LogP contribution in [-0.4, -0.2) is 9.55 Å². The summed E-state index contributed by atoms with van der Waals surface area (Å²) >= 11 is 0. The van der Waals surface area contributed by atoms with E-state index in [9.17, 15) is 0 Å². The topological polar surface area (TPSA) is 43.8 Å². The number of hydrogen-bond donors (Lipinski definition) is 1. The lowest BCUT2D eigenvalue weighted by molar-refractivity contribution is 0.464. The van der Waals surface area contributed by atoms with E-state index in [2.05, 4.69) is 31.4 Å². The monoisotopic (exact) mass is 257 g/mol. The third-order valence-corrected chi connectivity index (χ3v) is 4.07. The molecule has 3 rings (SSSR count). The molecule has 2 N–H and O–H groups in total. The summed E-state index contributed by atoms with van der Waals surface area (Å²) in [5.41, 5.74) is 8.93. The summed E-state index contributed by atoms with van der Waals surface area (Å²) in [7, 11) is 0. The molecule has 0 spiro atoms. The van der Waals surface area contributed by atoms with Crippen LogP contribution in [-0.2, 0) is 0 Å². The molecule has 102 valence electrons. The Morgan fingerprint density at radius 3 is 2.68 bits per heavy atom. The third kappa shape index (κ3) is 2.34. The van der Waals surface area contributed by atoms with Gasteiger partial charge < -0.3 is 10.3 Å². The number of nitrogens with two attached hydrogens (primary N) is 1. The molecule has 0 radical (unpaired) electrons. The molecule has 1 aliphatic carbocycles. The van der Waals surface area contributed by atoms with Crippen LogP contribution in [0.3, 0.4) is 0 Å². The Hall–Kier alpha value is -1.51. The lowest BCUT2D eigenvalue weighted by atomic mass is 10.1. The van der Waals surface area contributed by atoms with Gasteiger partial charge in [-0.3, -0.25) is 0 Å². The highest BCUT2D eigenvalue weighted by Crippen LogP contribution is 2.38. The van der Waals surface area contributed by atoms with Gasteiger partial charge in [0.25, 0.3) is 0 Å². The van der Waals surface area contributed by atoms with Gasteiger partial charge in [-0.1, -0.05) is 26.7 Å². The number of nitrogen functional groups attached to an aromatic ring is 1. The first kappa shape index (κ1) is 12.5. The van der Waals surface area contributed by atoms with E-state index >= 15 is 0 Å². The minimum atomic E-state index is 0.440. The van der Waals surface area contributed by atoms with Crippen molar-refractivity contribution in [1.82, 2.24) is 9.55 Å². The summed E-state index contributed by atoms with van der Waals surface area (Å²) in [4.78, 5) is 4.80. The maximum absolute atomic E-state index is 5.88. The van der Waals surface area contributed by atoms with Crippen LogP contribution in [0.15, 0.2) is 18.2 Å². The zero-order valence-electron chi connectivity index (χ0n) is 12.1. The maximum Gasteiger partial charge on any atom is 0.112 e. The van der Waals surface area contributed by atoms with E-state index in [1.54, 1.807) is 0 Å². The predicted molar refractivity (Wildman–Crippen MR) is 80.3 cm³/mol. The molecule has 1 aliphatic rings. The molecule has 1 unspecified atom stereocenters. The molecule has 0 bridgehead atoms. The lowest BCUT2D eigenvalue weighted by Gasteiger charge is -2.19. The van der Waals surface area contributed by atoms with Crippen LogP contribution in [0, 0.1) is 5.92 Å². The van der Waals surface area contributed by atoms with Crippen LogP contribution in [0.4, 0.5) is 5.69 Å². The van der Waals surface area contributed by atoms with Gasteiger partial charge in [0.15, 0.2) is 0 Å². The van der Waals surface area contributed by atoms with E-state index in [1.165, 1.54) is 30.6 Å². The second-order valence-corrected chi connectivity index (χ2v) is 6.27. The van der Waals surface area contributed by atoms with Gasteiger partial charge in [-0.15, -0.1) is 0 Å². The Labute approximate surface area is 114 Å². The molecule has 3 heteroatoms. The van der Waals surface area contributed by atoms with Crippen molar-refractivity contribution in [2.24, 2.45) is 5.92 Å². The largest absolute Gasteiger partial charge is 0.399 e. The van der Waals surface area contributed by atoms with Gasteiger partial charge in [-0.2, -0.15) is 0 Å². The highest BCUT2D eigenvalue weighted by molar-refractivity contribution is 5.80. The zero-order chi connectivity index (χ0) is 13.6. The molecular formula is C16H23N3. The first-order valence-electron chi connectivity index (χ1n) is 7.33. The van der Waals surface area contributed by atoms with Gasteiger partial charge in [0.1, 0.15) is 5.82 Å². The number of rotatable bonds is 4. The molecular weight excluding hydrogens is 234 g/mol. The van der Waals surface area contributed by atoms with Crippen LogP contribution in [0.1, 0.15) is 57.8 Å². The van der Waals surface area contributed by atoms with E-state index in [-0.39, 0.29) is 0 Å². The minimum absolute atomic E-state index is 0.440. The molecule has 3 nitrogen and oxygen atoms in total. The second kappa shape index (κ2) is 4.55. The number of benzene rings is 1. The molecule has 1 saturated carbocycles. The first-order chi connectivity index (χ1) is 9.06. The third-order valence-electron chi connectivity index (χ3n) is 4.07. The van der Waals surface area contributed by atoms with Crippen molar-refractivity contribution in [3.63, 3.8) is 0 Å². The van der Waals surface area contributed by atoms with E-state index in [0.29, 0.717) is 12.0 Å². The van der Waals surface area contributed by atoms with Gasteiger partial charge >= 0.3 is 0 Å². The van der Waals surface area contributed by atoms with Gasteiger partial charge in [-0.05, 0) is 37.5 Å². The highest BCUT2D eigenvalue weighted by Gasteiger charge is 2.26. The van der Waals surface area contributed by atoms with Gasteiger partial charge in [0.05, 0.1) is 11.0 Å². The fourth-order valence-electron chi connectivity index (χ4n) is 2.95. The van der Waals surface area contributed by atoms with Gasteiger partial charge in [-0.25, -0.2) is 4.98 Å².